The van der Waals surface area contributed by atoms with E-state index in [1.54, 1.807) is 6.07 Å². The first kappa shape index (κ1) is 24.8. The van der Waals surface area contributed by atoms with Crippen LogP contribution in [0.25, 0.3) is 0 Å². The van der Waals surface area contributed by atoms with Gasteiger partial charge in [0.15, 0.2) is 0 Å². The number of halogens is 1. The molecule has 2 nitrogen and oxygen atoms in total. The van der Waals surface area contributed by atoms with E-state index in [0.29, 0.717) is 0 Å². The first-order chi connectivity index (χ1) is 10.0. The second-order valence-electron chi connectivity index (χ2n) is 9.52. The van der Waals surface area contributed by atoms with E-state index >= 15 is 0 Å². The zero-order valence-corrected chi connectivity index (χ0v) is 22.9. The van der Waals surface area contributed by atoms with Gasteiger partial charge in [0.2, 0.25) is 7.83 Å². The van der Waals surface area contributed by atoms with Gasteiger partial charge >= 0.3 is 18.9 Å². The largest absolute Gasteiger partial charge is 1.00 e. The van der Waals surface area contributed by atoms with Crippen LogP contribution >= 0.6 is 15.9 Å². The van der Waals surface area contributed by atoms with Crippen molar-refractivity contribution < 1.29 is 28.4 Å². The zero-order valence-electron chi connectivity index (χ0n) is 17.3. The maximum atomic E-state index is 12.6. The second kappa shape index (κ2) is 7.79. The Morgan fingerprint density at radius 3 is 1.67 bits per heavy atom. The summed E-state index contributed by atoms with van der Waals surface area (Å²) < 4.78 is 7.36. The van der Waals surface area contributed by atoms with Gasteiger partial charge in [-0.1, -0.05) is 63.6 Å². The van der Waals surface area contributed by atoms with E-state index in [2.05, 4.69) is 87.5 Å². The van der Waals surface area contributed by atoms with E-state index in [9.17, 15) is 5.11 Å². The van der Waals surface area contributed by atoms with Crippen molar-refractivity contribution in [3.8, 4) is 11.5 Å². The van der Waals surface area contributed by atoms with E-state index in [1.807, 2.05) is 0 Å². The molecule has 1 aromatic carbocycles. The Balaban J connectivity index is 0.00000529. The third-order valence-corrected chi connectivity index (χ3v) is 39.4. The first-order valence-electron chi connectivity index (χ1n) is 8.21. The van der Waals surface area contributed by atoms with Gasteiger partial charge in [-0.3, -0.25) is 0 Å². The van der Waals surface area contributed by atoms with Crippen LogP contribution in [-0.2, 0) is 0 Å². The Kier molecular flexibility index (Phi) is 8.04. The molecule has 0 saturated carbocycles. The van der Waals surface area contributed by atoms with Gasteiger partial charge in [0, 0.05) is 7.59 Å². The van der Waals surface area contributed by atoms with Gasteiger partial charge in [0.1, 0.15) is 5.75 Å². The molecule has 0 unspecified atom stereocenters. The van der Waals surface area contributed by atoms with Crippen LogP contribution in [0.15, 0.2) is 16.6 Å². The molecule has 1 rings (SSSR count). The minimum absolute atomic E-state index is 0. The minimum atomic E-state index is -1.79. The van der Waals surface area contributed by atoms with Crippen molar-refractivity contribution in [2.24, 2.45) is 0 Å². The van der Waals surface area contributed by atoms with Crippen molar-refractivity contribution in [3.63, 3.8) is 0 Å². The summed E-state index contributed by atoms with van der Waals surface area (Å²) in [5, 5.41) is 13.7. The standard InChI is InChI=1S/C16H33BrO2Si4.Li/c1-20(2,3)22(7,8)16-12-15(13(17)11-14(16)18)19-23(9,10)21(4,5)6;/h11-12,18H,1-10H3;/q;+1/p-1. The Morgan fingerprint density at radius 2 is 1.29 bits per heavy atom. The van der Waals surface area contributed by atoms with Gasteiger partial charge in [-0.25, -0.2) is 0 Å². The second-order valence-corrected chi connectivity index (χ2v) is 42.7. The summed E-state index contributed by atoms with van der Waals surface area (Å²) in [6, 6.07) is 3.81. The van der Waals surface area contributed by atoms with Crippen LogP contribution in [0.2, 0.25) is 65.5 Å². The summed E-state index contributed by atoms with van der Waals surface area (Å²) in [5.41, 5.74) is 0. The van der Waals surface area contributed by atoms with Gasteiger partial charge in [-0.15, -0.1) is 5.75 Å². The molecule has 0 N–H and O–H groups in total. The average Bonchev–Trinajstić information content (AvgIpc) is 2.29. The molecule has 132 valence electrons. The van der Waals surface area contributed by atoms with E-state index in [4.69, 9.17) is 4.43 Å². The summed E-state index contributed by atoms with van der Waals surface area (Å²) in [6.45, 7) is 23.5. The van der Waals surface area contributed by atoms with Crippen LogP contribution < -0.4 is 33.6 Å². The molecule has 24 heavy (non-hydrogen) atoms. The van der Waals surface area contributed by atoms with Crippen molar-refractivity contribution >= 4 is 51.7 Å². The minimum Gasteiger partial charge on any atom is -0.873 e. The Bertz CT molecular complexity index is 593. The third kappa shape index (κ3) is 5.15. The molecule has 0 aromatic heterocycles. The van der Waals surface area contributed by atoms with Gasteiger partial charge in [0.05, 0.1) is 19.7 Å². The summed E-state index contributed by atoms with van der Waals surface area (Å²) in [4.78, 5) is 0. The van der Waals surface area contributed by atoms with Gasteiger partial charge < -0.3 is 9.53 Å². The number of hydrogen-bond donors (Lipinski definition) is 0. The Hall–Kier alpha value is 0.765. The normalized spacial score (nSPS) is 13.5. The molecule has 0 heterocycles. The van der Waals surface area contributed by atoms with E-state index in [1.165, 1.54) is 0 Å². The predicted octanol–water partition coefficient (Wildman–Crippen LogP) is 1.86. The SMILES string of the molecule is C[Si](C)(C)[Si](C)(C)Oc1cc([Si](C)(C)[Si](C)(C)C)c([O-])cc1Br.[Li+]. The number of hydrogen-bond acceptors (Lipinski definition) is 2. The molecule has 0 amide bonds. The van der Waals surface area contributed by atoms with Crippen LogP contribution in [0.4, 0.5) is 0 Å². The molecular weight excluding hydrogens is 423 g/mol. The molecule has 0 fully saturated rings. The fraction of sp³-hybridized carbons (Fsp3) is 0.625. The molecule has 8 heteroatoms. The van der Waals surface area contributed by atoms with Crippen LogP contribution in [0.3, 0.4) is 0 Å². The van der Waals surface area contributed by atoms with Gasteiger partial charge in [0.25, 0.3) is 0 Å². The topological polar surface area (TPSA) is 32.3 Å². The van der Waals surface area contributed by atoms with Crippen molar-refractivity contribution in [2.75, 3.05) is 0 Å². The number of rotatable bonds is 5. The molecule has 0 atom stereocenters. The van der Waals surface area contributed by atoms with Crippen molar-refractivity contribution in [2.45, 2.75) is 65.5 Å². The van der Waals surface area contributed by atoms with E-state index in [-0.39, 0.29) is 24.6 Å². The summed E-state index contributed by atoms with van der Waals surface area (Å²) >= 11 is 3.56. The molecule has 0 bridgehead atoms. The molecule has 0 aliphatic carbocycles. The molecule has 0 aliphatic heterocycles. The number of benzene rings is 1. The average molecular weight is 456 g/mol. The quantitative estimate of drug-likeness (QED) is 0.635. The fourth-order valence-corrected chi connectivity index (χ4v) is 9.76. The summed E-state index contributed by atoms with van der Waals surface area (Å²) in [5.74, 6) is 1.06. The van der Waals surface area contributed by atoms with Crippen LogP contribution in [0, 0.1) is 0 Å². The molecule has 0 radical (unpaired) electrons. The van der Waals surface area contributed by atoms with Crippen LogP contribution in [-0.4, -0.2) is 30.6 Å². The smallest absolute Gasteiger partial charge is 0.873 e. The van der Waals surface area contributed by atoms with E-state index < -0.39 is 30.6 Å². The molecule has 0 saturated heterocycles. The maximum Gasteiger partial charge on any atom is 1.00 e. The van der Waals surface area contributed by atoms with Crippen LogP contribution in [0.1, 0.15) is 0 Å². The molecule has 0 spiro atoms. The molecular formula is C16H32BrLiO2Si4. The van der Waals surface area contributed by atoms with Crippen molar-refractivity contribution in [1.29, 1.82) is 0 Å². The van der Waals surface area contributed by atoms with Crippen molar-refractivity contribution in [3.05, 3.63) is 16.6 Å². The van der Waals surface area contributed by atoms with Gasteiger partial charge in [-0.2, -0.15) is 0 Å². The summed E-state index contributed by atoms with van der Waals surface area (Å²) in [6.07, 6.45) is 0. The Labute approximate surface area is 172 Å². The van der Waals surface area contributed by atoms with Gasteiger partial charge in [-0.05, 0) is 35.1 Å². The van der Waals surface area contributed by atoms with Crippen molar-refractivity contribution in [1.82, 2.24) is 0 Å². The third-order valence-electron chi connectivity index (χ3n) is 5.75. The fourth-order valence-electron chi connectivity index (χ4n) is 1.93. The Morgan fingerprint density at radius 1 is 0.833 bits per heavy atom. The predicted molar refractivity (Wildman–Crippen MR) is 116 cm³/mol. The molecule has 0 aliphatic rings. The molecule has 1 aromatic rings. The van der Waals surface area contributed by atoms with E-state index in [0.717, 1.165) is 15.4 Å². The maximum absolute atomic E-state index is 12.6. The monoisotopic (exact) mass is 454 g/mol. The summed E-state index contributed by atoms with van der Waals surface area (Å²) in [7, 11) is -6.31. The van der Waals surface area contributed by atoms with Crippen LogP contribution in [0.5, 0.6) is 11.5 Å². The first-order valence-corrected chi connectivity index (χ1v) is 23.9. The zero-order chi connectivity index (χ0) is 18.4.